The Bertz CT molecular complexity index is 671. The molecular formula is C18H24N4O2. The molecule has 2 amide bonds. The van der Waals surface area contributed by atoms with Crippen LogP contribution >= 0.6 is 0 Å². The van der Waals surface area contributed by atoms with E-state index in [2.05, 4.69) is 15.7 Å². The van der Waals surface area contributed by atoms with Gasteiger partial charge in [0.05, 0.1) is 18.3 Å². The number of carbonyl (C=O) groups excluding carboxylic acids is 1. The minimum Gasteiger partial charge on any atom is -0.488 e. The summed E-state index contributed by atoms with van der Waals surface area (Å²) in [5.74, 6) is 0.848. The first-order valence-electron chi connectivity index (χ1n) is 8.39. The quantitative estimate of drug-likeness (QED) is 0.887. The molecule has 6 heteroatoms. The predicted molar refractivity (Wildman–Crippen MR) is 91.8 cm³/mol. The lowest BCUT2D eigenvalue weighted by Crippen LogP contribution is -2.47. The molecule has 0 aliphatic heterocycles. The van der Waals surface area contributed by atoms with Crippen LogP contribution in [0.15, 0.2) is 42.7 Å². The second-order valence-corrected chi connectivity index (χ2v) is 6.29. The van der Waals surface area contributed by atoms with Crippen LogP contribution in [0.1, 0.15) is 37.8 Å². The monoisotopic (exact) mass is 328 g/mol. The Kier molecular flexibility index (Phi) is 5.03. The average Bonchev–Trinajstić information content (AvgIpc) is 3.18. The number of hydrogen-bond donors (Lipinski definition) is 2. The lowest BCUT2D eigenvalue weighted by atomic mass is 10.2. The third kappa shape index (κ3) is 4.07. The van der Waals surface area contributed by atoms with Crippen LogP contribution in [0.5, 0.6) is 5.75 Å². The van der Waals surface area contributed by atoms with Crippen LogP contribution in [-0.2, 0) is 7.05 Å². The van der Waals surface area contributed by atoms with Gasteiger partial charge in [0, 0.05) is 18.8 Å². The summed E-state index contributed by atoms with van der Waals surface area (Å²) in [5, 5.41) is 10.1. The SMILES string of the molecule is C[C@H](NC(=O)N[C@@H]1CCC[C@H]1Oc1ccccc1)c1cnn(C)c1. The first-order valence-corrected chi connectivity index (χ1v) is 8.39. The van der Waals surface area contributed by atoms with Crippen molar-refractivity contribution in [3.8, 4) is 5.75 Å². The topological polar surface area (TPSA) is 68.2 Å². The second-order valence-electron chi connectivity index (χ2n) is 6.29. The number of amides is 2. The molecule has 0 saturated heterocycles. The van der Waals surface area contributed by atoms with E-state index in [1.807, 2.05) is 50.5 Å². The van der Waals surface area contributed by atoms with Crippen molar-refractivity contribution in [2.45, 2.75) is 44.4 Å². The third-order valence-electron chi connectivity index (χ3n) is 4.37. The summed E-state index contributed by atoms with van der Waals surface area (Å²) >= 11 is 0. The number of aryl methyl sites for hydroxylation is 1. The highest BCUT2D eigenvalue weighted by Gasteiger charge is 2.30. The molecule has 0 bridgehead atoms. The van der Waals surface area contributed by atoms with Gasteiger partial charge in [-0.15, -0.1) is 0 Å². The molecule has 128 valence electrons. The summed E-state index contributed by atoms with van der Waals surface area (Å²) in [6.45, 7) is 1.95. The van der Waals surface area contributed by atoms with E-state index in [1.165, 1.54) is 0 Å². The van der Waals surface area contributed by atoms with Gasteiger partial charge in [-0.3, -0.25) is 4.68 Å². The summed E-state index contributed by atoms with van der Waals surface area (Å²) in [6.07, 6.45) is 6.64. The van der Waals surface area contributed by atoms with Crippen LogP contribution in [-0.4, -0.2) is 28.0 Å². The lowest BCUT2D eigenvalue weighted by molar-refractivity contribution is 0.172. The fourth-order valence-corrected chi connectivity index (χ4v) is 3.06. The number of para-hydroxylation sites is 1. The second kappa shape index (κ2) is 7.38. The zero-order valence-corrected chi connectivity index (χ0v) is 14.1. The Balaban J connectivity index is 1.53. The molecule has 3 atom stereocenters. The first-order chi connectivity index (χ1) is 11.6. The third-order valence-corrected chi connectivity index (χ3v) is 4.37. The molecule has 2 N–H and O–H groups in total. The van der Waals surface area contributed by atoms with Crippen molar-refractivity contribution in [3.05, 3.63) is 48.3 Å². The Labute approximate surface area is 142 Å². The van der Waals surface area contributed by atoms with Crippen LogP contribution in [0.4, 0.5) is 4.79 Å². The minimum absolute atomic E-state index is 0.0202. The highest BCUT2D eigenvalue weighted by Crippen LogP contribution is 2.24. The van der Waals surface area contributed by atoms with Crippen molar-refractivity contribution in [3.63, 3.8) is 0 Å². The van der Waals surface area contributed by atoms with E-state index in [-0.39, 0.29) is 24.2 Å². The summed E-state index contributed by atoms with van der Waals surface area (Å²) < 4.78 is 7.75. The van der Waals surface area contributed by atoms with Crippen LogP contribution in [0.2, 0.25) is 0 Å². The summed E-state index contributed by atoms with van der Waals surface area (Å²) in [6, 6.07) is 9.54. The van der Waals surface area contributed by atoms with Gasteiger partial charge in [0.25, 0.3) is 0 Å². The van der Waals surface area contributed by atoms with Gasteiger partial charge < -0.3 is 15.4 Å². The van der Waals surface area contributed by atoms with Gasteiger partial charge in [0.15, 0.2) is 0 Å². The van der Waals surface area contributed by atoms with Crippen molar-refractivity contribution in [1.82, 2.24) is 20.4 Å². The lowest BCUT2D eigenvalue weighted by Gasteiger charge is -2.23. The molecule has 1 fully saturated rings. The van der Waals surface area contributed by atoms with Crippen molar-refractivity contribution in [2.24, 2.45) is 7.05 Å². The number of aromatic nitrogens is 2. The fourth-order valence-electron chi connectivity index (χ4n) is 3.06. The molecule has 1 heterocycles. The number of hydrogen-bond acceptors (Lipinski definition) is 3. The first kappa shape index (κ1) is 16.4. The van der Waals surface area contributed by atoms with Gasteiger partial charge in [-0.1, -0.05) is 18.2 Å². The molecule has 0 radical (unpaired) electrons. The smallest absolute Gasteiger partial charge is 0.315 e. The van der Waals surface area contributed by atoms with Gasteiger partial charge in [-0.05, 0) is 38.3 Å². The van der Waals surface area contributed by atoms with E-state index in [4.69, 9.17) is 4.74 Å². The maximum Gasteiger partial charge on any atom is 0.315 e. The van der Waals surface area contributed by atoms with Crippen LogP contribution < -0.4 is 15.4 Å². The number of nitrogens with one attached hydrogen (secondary N) is 2. The Morgan fingerprint density at radius 2 is 2.12 bits per heavy atom. The van der Waals surface area contributed by atoms with Crippen LogP contribution in [0.25, 0.3) is 0 Å². The fraction of sp³-hybridized carbons (Fsp3) is 0.444. The Morgan fingerprint density at radius 3 is 2.83 bits per heavy atom. The Morgan fingerprint density at radius 1 is 1.33 bits per heavy atom. The van der Waals surface area contributed by atoms with Crippen molar-refractivity contribution >= 4 is 6.03 Å². The number of carbonyl (C=O) groups is 1. The zero-order chi connectivity index (χ0) is 16.9. The zero-order valence-electron chi connectivity index (χ0n) is 14.1. The van der Waals surface area contributed by atoms with Crippen molar-refractivity contribution in [2.75, 3.05) is 0 Å². The molecule has 0 unspecified atom stereocenters. The molecule has 1 aromatic heterocycles. The van der Waals surface area contributed by atoms with E-state index in [1.54, 1.807) is 10.9 Å². The molecule has 1 aromatic carbocycles. The predicted octanol–water partition coefficient (Wildman–Crippen LogP) is 2.78. The van der Waals surface area contributed by atoms with E-state index in [9.17, 15) is 4.79 Å². The molecule has 1 saturated carbocycles. The van der Waals surface area contributed by atoms with Crippen LogP contribution in [0.3, 0.4) is 0 Å². The standard InChI is InChI=1S/C18H24N4O2/c1-13(14-11-19-22(2)12-14)20-18(23)21-16-9-6-10-17(16)24-15-7-4-3-5-8-15/h3-5,7-8,11-13,16-17H,6,9-10H2,1-2H3,(H2,20,21,23)/t13-,16+,17+/m0/s1. The minimum atomic E-state index is -0.167. The number of urea groups is 1. The van der Waals surface area contributed by atoms with E-state index < -0.39 is 0 Å². The number of nitrogens with zero attached hydrogens (tertiary/aromatic N) is 2. The maximum atomic E-state index is 12.3. The maximum absolute atomic E-state index is 12.3. The van der Waals surface area contributed by atoms with E-state index in [0.717, 1.165) is 30.6 Å². The normalized spacial score (nSPS) is 21.2. The molecule has 24 heavy (non-hydrogen) atoms. The number of benzene rings is 1. The molecule has 1 aliphatic rings. The molecule has 0 spiro atoms. The van der Waals surface area contributed by atoms with Gasteiger partial charge >= 0.3 is 6.03 Å². The van der Waals surface area contributed by atoms with Gasteiger partial charge in [-0.2, -0.15) is 5.10 Å². The number of ether oxygens (including phenoxy) is 1. The highest BCUT2D eigenvalue weighted by molar-refractivity contribution is 5.74. The van der Waals surface area contributed by atoms with Gasteiger partial charge in [0.1, 0.15) is 11.9 Å². The summed E-state index contributed by atoms with van der Waals surface area (Å²) in [5.41, 5.74) is 0.983. The molecule has 1 aliphatic carbocycles. The molecule has 6 nitrogen and oxygen atoms in total. The van der Waals surface area contributed by atoms with Gasteiger partial charge in [-0.25, -0.2) is 4.79 Å². The van der Waals surface area contributed by atoms with Crippen molar-refractivity contribution < 1.29 is 9.53 Å². The van der Waals surface area contributed by atoms with E-state index >= 15 is 0 Å². The summed E-state index contributed by atoms with van der Waals surface area (Å²) in [7, 11) is 1.86. The van der Waals surface area contributed by atoms with Gasteiger partial charge in [0.2, 0.25) is 0 Å². The Hall–Kier alpha value is -2.50. The largest absolute Gasteiger partial charge is 0.488 e. The number of rotatable bonds is 5. The van der Waals surface area contributed by atoms with E-state index in [0.29, 0.717) is 0 Å². The van der Waals surface area contributed by atoms with Crippen LogP contribution in [0, 0.1) is 0 Å². The summed E-state index contributed by atoms with van der Waals surface area (Å²) in [4.78, 5) is 12.3. The van der Waals surface area contributed by atoms with Crippen molar-refractivity contribution in [1.29, 1.82) is 0 Å². The molecule has 3 rings (SSSR count). The highest BCUT2D eigenvalue weighted by atomic mass is 16.5. The molecular weight excluding hydrogens is 304 g/mol. The molecule has 2 aromatic rings. The average molecular weight is 328 g/mol.